The first-order chi connectivity index (χ1) is 13.7. The largest absolute Gasteiger partial charge is 0.426 e. The zero-order valence-electron chi connectivity index (χ0n) is 16.1. The maximum atomic E-state index is 11.6. The van der Waals surface area contributed by atoms with Gasteiger partial charge in [-0.15, -0.1) is 0 Å². The van der Waals surface area contributed by atoms with Crippen LogP contribution in [-0.4, -0.2) is 65.8 Å². The van der Waals surface area contributed by atoms with Gasteiger partial charge in [-0.05, 0) is 18.1 Å². The number of carbonyl (C=O) groups excluding carboxylic acids is 5. The number of hydrogen-bond donors (Lipinski definition) is 0. The van der Waals surface area contributed by atoms with Crippen LogP contribution in [0.25, 0.3) is 0 Å². The lowest BCUT2D eigenvalue weighted by atomic mass is 10.0. The minimum atomic E-state index is -0.634. The Balaban J connectivity index is 1.84. The molecule has 0 aromatic heterocycles. The second kappa shape index (κ2) is 8.50. The predicted molar refractivity (Wildman–Crippen MR) is 95.2 cm³/mol. The van der Waals surface area contributed by atoms with Crippen LogP contribution < -0.4 is 4.74 Å². The van der Waals surface area contributed by atoms with Crippen molar-refractivity contribution in [3.63, 3.8) is 0 Å². The van der Waals surface area contributed by atoms with Crippen LogP contribution in [0.3, 0.4) is 0 Å². The molecule has 0 spiro atoms. The average Bonchev–Trinajstić information content (AvgIpc) is 2.58. The van der Waals surface area contributed by atoms with Crippen LogP contribution in [0.15, 0.2) is 12.1 Å². The number of rotatable bonds is 5. The highest BCUT2D eigenvalue weighted by atomic mass is 16.6. The third-order valence-corrected chi connectivity index (χ3v) is 4.50. The van der Waals surface area contributed by atoms with Gasteiger partial charge < -0.3 is 14.2 Å². The van der Waals surface area contributed by atoms with Gasteiger partial charge in [-0.1, -0.05) is 12.1 Å². The lowest BCUT2D eigenvalue weighted by molar-refractivity contribution is -0.168. The Morgan fingerprint density at radius 3 is 1.72 bits per heavy atom. The Hall–Kier alpha value is -3.11. The van der Waals surface area contributed by atoms with Crippen LogP contribution in [0.4, 0.5) is 0 Å². The van der Waals surface area contributed by atoms with Gasteiger partial charge in [-0.2, -0.15) is 0 Å². The van der Waals surface area contributed by atoms with Crippen LogP contribution >= 0.6 is 0 Å². The molecular formula is C19H20N2O8. The number of ether oxygens (including phenoxy) is 3. The molecule has 2 saturated heterocycles. The minimum absolute atomic E-state index is 0.0200. The maximum Gasteiger partial charge on any atom is 0.327 e. The fourth-order valence-electron chi connectivity index (χ4n) is 3.30. The number of nitrogens with zero attached hydrogens (tertiary/aromatic N) is 2. The summed E-state index contributed by atoms with van der Waals surface area (Å²) in [7, 11) is 0. The lowest BCUT2D eigenvalue weighted by Gasteiger charge is -2.27. The number of cyclic esters (lactones) is 4. The molecule has 10 heteroatoms. The molecule has 0 unspecified atom stereocenters. The Bertz CT molecular complexity index is 862. The zero-order chi connectivity index (χ0) is 21.1. The molecule has 1 aromatic carbocycles. The topological polar surface area (TPSA) is 120 Å². The van der Waals surface area contributed by atoms with Crippen molar-refractivity contribution in [1.29, 1.82) is 0 Å². The van der Waals surface area contributed by atoms with Crippen molar-refractivity contribution in [3.05, 3.63) is 28.8 Å². The smallest absolute Gasteiger partial charge is 0.327 e. The van der Waals surface area contributed by atoms with E-state index in [1.807, 2.05) is 0 Å². The molecule has 3 rings (SSSR count). The van der Waals surface area contributed by atoms with Crippen molar-refractivity contribution in [3.8, 4) is 5.75 Å². The highest BCUT2D eigenvalue weighted by Gasteiger charge is 2.28. The summed E-state index contributed by atoms with van der Waals surface area (Å²) in [4.78, 5) is 60.8. The fourth-order valence-corrected chi connectivity index (χ4v) is 3.30. The van der Waals surface area contributed by atoms with E-state index >= 15 is 0 Å². The van der Waals surface area contributed by atoms with Gasteiger partial charge in [0.05, 0.1) is 26.2 Å². The van der Waals surface area contributed by atoms with Crippen LogP contribution in [0.1, 0.15) is 23.6 Å². The van der Waals surface area contributed by atoms with Gasteiger partial charge in [0.25, 0.3) is 0 Å². The second-order valence-electron chi connectivity index (χ2n) is 6.91. The van der Waals surface area contributed by atoms with Crippen LogP contribution in [0.2, 0.25) is 0 Å². The van der Waals surface area contributed by atoms with Crippen molar-refractivity contribution in [2.45, 2.75) is 26.9 Å². The molecular weight excluding hydrogens is 384 g/mol. The Labute approximate surface area is 166 Å². The molecule has 10 nitrogen and oxygen atoms in total. The first-order valence-electron chi connectivity index (χ1n) is 8.92. The molecule has 0 amide bonds. The van der Waals surface area contributed by atoms with Gasteiger partial charge in [0, 0.05) is 25.6 Å². The zero-order valence-corrected chi connectivity index (χ0v) is 16.1. The van der Waals surface area contributed by atoms with Crippen LogP contribution in [-0.2, 0) is 46.5 Å². The lowest BCUT2D eigenvalue weighted by Crippen LogP contribution is -2.42. The minimum Gasteiger partial charge on any atom is -0.426 e. The molecule has 0 saturated carbocycles. The van der Waals surface area contributed by atoms with Crippen molar-refractivity contribution in [2.24, 2.45) is 0 Å². The molecule has 2 heterocycles. The van der Waals surface area contributed by atoms with Crippen molar-refractivity contribution < 1.29 is 38.2 Å². The Morgan fingerprint density at radius 2 is 1.28 bits per heavy atom. The van der Waals surface area contributed by atoms with E-state index in [4.69, 9.17) is 4.74 Å². The number of carbonyl (C=O) groups is 5. The summed E-state index contributed by atoms with van der Waals surface area (Å²) < 4.78 is 14.4. The van der Waals surface area contributed by atoms with E-state index in [1.165, 1.54) is 6.92 Å². The summed E-state index contributed by atoms with van der Waals surface area (Å²) in [5, 5.41) is 0. The summed E-state index contributed by atoms with van der Waals surface area (Å²) in [5.41, 5.74) is 2.05. The highest BCUT2D eigenvalue weighted by Crippen LogP contribution is 2.29. The third-order valence-electron chi connectivity index (χ3n) is 4.50. The monoisotopic (exact) mass is 404 g/mol. The standard InChI is InChI=1S/C19H20N2O8/c1-11-13(5-20-7-15(23)28-16(24)8-20)3-4-14(19(11)27-12(2)22)6-21-9-17(25)29-18(26)10-21/h3-4H,5-10H2,1-2H3. The van der Waals surface area contributed by atoms with E-state index in [0.717, 1.165) is 5.56 Å². The van der Waals surface area contributed by atoms with E-state index in [-0.39, 0.29) is 39.3 Å². The number of morpholine rings is 2. The SMILES string of the molecule is CC(=O)Oc1c(CN2CC(=O)OC(=O)C2)ccc(CN2CC(=O)OC(=O)C2)c1C. The quantitative estimate of drug-likeness (QED) is 0.367. The van der Waals surface area contributed by atoms with Crippen molar-refractivity contribution in [1.82, 2.24) is 9.80 Å². The van der Waals surface area contributed by atoms with E-state index < -0.39 is 29.8 Å². The molecule has 0 atom stereocenters. The maximum absolute atomic E-state index is 11.6. The van der Waals surface area contributed by atoms with Crippen molar-refractivity contribution >= 4 is 29.8 Å². The van der Waals surface area contributed by atoms with Crippen LogP contribution in [0.5, 0.6) is 5.75 Å². The van der Waals surface area contributed by atoms with E-state index in [9.17, 15) is 24.0 Å². The van der Waals surface area contributed by atoms with Gasteiger partial charge in [0.2, 0.25) is 0 Å². The molecule has 2 aliphatic heterocycles. The Kier molecular flexibility index (Phi) is 6.04. The molecule has 1 aromatic rings. The molecule has 0 radical (unpaired) electrons. The second-order valence-corrected chi connectivity index (χ2v) is 6.91. The molecule has 154 valence electrons. The average molecular weight is 404 g/mol. The summed E-state index contributed by atoms with van der Waals surface area (Å²) >= 11 is 0. The predicted octanol–water partition coefficient (Wildman–Crippen LogP) is -0.309. The first-order valence-corrected chi connectivity index (χ1v) is 8.92. The summed E-state index contributed by atoms with van der Waals surface area (Å²) in [5.74, 6) is -2.69. The molecule has 0 N–H and O–H groups in total. The van der Waals surface area contributed by atoms with Gasteiger partial charge in [-0.3, -0.25) is 33.8 Å². The third kappa shape index (κ3) is 5.24. The summed E-state index contributed by atoms with van der Waals surface area (Å²) in [6, 6.07) is 3.53. The van der Waals surface area contributed by atoms with Gasteiger partial charge in [0.15, 0.2) is 0 Å². The molecule has 29 heavy (non-hydrogen) atoms. The number of esters is 5. The molecule has 2 aliphatic rings. The number of hydrogen-bond acceptors (Lipinski definition) is 10. The highest BCUT2D eigenvalue weighted by molar-refractivity contribution is 5.90. The van der Waals surface area contributed by atoms with Crippen molar-refractivity contribution in [2.75, 3.05) is 26.2 Å². The molecule has 0 bridgehead atoms. The van der Waals surface area contributed by atoms with Gasteiger partial charge in [0.1, 0.15) is 5.75 Å². The van der Waals surface area contributed by atoms with E-state index in [1.54, 1.807) is 28.9 Å². The Morgan fingerprint density at radius 1 is 0.862 bits per heavy atom. The fraction of sp³-hybridized carbons (Fsp3) is 0.421. The first kappa shape index (κ1) is 20.6. The molecule has 0 aliphatic carbocycles. The molecule has 2 fully saturated rings. The van der Waals surface area contributed by atoms with E-state index in [0.29, 0.717) is 16.9 Å². The van der Waals surface area contributed by atoms with Gasteiger partial charge in [-0.25, -0.2) is 0 Å². The van der Waals surface area contributed by atoms with E-state index in [2.05, 4.69) is 9.47 Å². The summed E-state index contributed by atoms with van der Waals surface area (Å²) in [6.07, 6.45) is 0. The van der Waals surface area contributed by atoms with Gasteiger partial charge >= 0.3 is 29.8 Å². The van der Waals surface area contributed by atoms with Crippen LogP contribution in [0, 0.1) is 6.92 Å². The summed E-state index contributed by atoms with van der Waals surface area (Å²) in [6.45, 7) is 3.39. The normalized spacial score (nSPS) is 18.4. The number of benzene rings is 1.